The third kappa shape index (κ3) is 3.30. The van der Waals surface area contributed by atoms with Gasteiger partial charge < -0.3 is 14.2 Å². The highest BCUT2D eigenvalue weighted by Gasteiger charge is 2.41. The number of rotatable bonds is 5. The van der Waals surface area contributed by atoms with Crippen LogP contribution < -0.4 is 4.74 Å². The van der Waals surface area contributed by atoms with Gasteiger partial charge in [-0.3, -0.25) is 0 Å². The zero-order valence-electron chi connectivity index (χ0n) is 13.4. The standard InChI is InChI=1S/C19H21BrO3/c1-3-17-12-22-19(13-20,23-17)16-8-4-14(5-9-16)15-6-10-18(21-2)11-7-15/h4-11,17H,3,12-13H2,1-2H3. The highest BCUT2D eigenvalue weighted by molar-refractivity contribution is 9.09. The van der Waals surface area contributed by atoms with Gasteiger partial charge in [-0.1, -0.05) is 59.3 Å². The number of halogens is 1. The van der Waals surface area contributed by atoms with Gasteiger partial charge in [0.05, 0.1) is 25.2 Å². The van der Waals surface area contributed by atoms with E-state index < -0.39 is 5.79 Å². The molecule has 0 bridgehead atoms. The Balaban J connectivity index is 1.83. The van der Waals surface area contributed by atoms with Gasteiger partial charge in [0.1, 0.15) is 5.75 Å². The molecule has 2 unspecified atom stereocenters. The van der Waals surface area contributed by atoms with E-state index in [9.17, 15) is 0 Å². The molecule has 0 amide bonds. The summed E-state index contributed by atoms with van der Waals surface area (Å²) < 4.78 is 17.3. The summed E-state index contributed by atoms with van der Waals surface area (Å²) in [5.74, 6) is 0.195. The Morgan fingerprint density at radius 2 is 1.70 bits per heavy atom. The minimum absolute atomic E-state index is 0.161. The van der Waals surface area contributed by atoms with Crippen molar-refractivity contribution in [1.82, 2.24) is 0 Å². The van der Waals surface area contributed by atoms with Crippen molar-refractivity contribution in [2.24, 2.45) is 0 Å². The van der Waals surface area contributed by atoms with Gasteiger partial charge >= 0.3 is 0 Å². The van der Waals surface area contributed by atoms with Crippen molar-refractivity contribution in [3.05, 3.63) is 54.1 Å². The zero-order chi connectivity index (χ0) is 16.3. The van der Waals surface area contributed by atoms with Crippen molar-refractivity contribution in [1.29, 1.82) is 0 Å². The number of methoxy groups -OCH3 is 1. The van der Waals surface area contributed by atoms with E-state index in [-0.39, 0.29) is 6.10 Å². The summed E-state index contributed by atoms with van der Waals surface area (Å²) in [7, 11) is 1.68. The van der Waals surface area contributed by atoms with E-state index in [0.29, 0.717) is 11.9 Å². The van der Waals surface area contributed by atoms with Gasteiger partial charge in [-0.05, 0) is 29.7 Å². The van der Waals surface area contributed by atoms with Crippen LogP contribution in [0.5, 0.6) is 5.75 Å². The first-order valence-corrected chi connectivity index (χ1v) is 8.95. The summed E-state index contributed by atoms with van der Waals surface area (Å²) in [6.07, 6.45) is 1.12. The summed E-state index contributed by atoms with van der Waals surface area (Å²) in [6, 6.07) is 16.4. The van der Waals surface area contributed by atoms with Crippen molar-refractivity contribution in [3.8, 4) is 16.9 Å². The van der Waals surface area contributed by atoms with Crippen molar-refractivity contribution in [2.45, 2.75) is 25.2 Å². The molecule has 0 spiro atoms. The lowest BCUT2D eigenvalue weighted by Gasteiger charge is -2.26. The second kappa shape index (κ2) is 7.04. The molecule has 1 heterocycles. The minimum atomic E-state index is -0.668. The molecule has 2 aromatic rings. The van der Waals surface area contributed by atoms with Crippen LogP contribution in [0.15, 0.2) is 48.5 Å². The summed E-state index contributed by atoms with van der Waals surface area (Å²) in [5.41, 5.74) is 3.36. The SMILES string of the molecule is CCC1COC(CBr)(c2ccc(-c3ccc(OC)cc3)cc2)O1. The molecule has 23 heavy (non-hydrogen) atoms. The molecule has 1 aliphatic heterocycles. The molecule has 1 fully saturated rings. The maximum atomic E-state index is 6.12. The fourth-order valence-electron chi connectivity index (χ4n) is 2.76. The van der Waals surface area contributed by atoms with Gasteiger partial charge in [-0.25, -0.2) is 0 Å². The van der Waals surface area contributed by atoms with Crippen LogP contribution in [0.3, 0.4) is 0 Å². The molecule has 1 aliphatic rings. The predicted molar refractivity (Wildman–Crippen MR) is 95.0 cm³/mol. The zero-order valence-corrected chi connectivity index (χ0v) is 15.0. The van der Waals surface area contributed by atoms with E-state index in [1.807, 2.05) is 12.1 Å². The monoisotopic (exact) mass is 376 g/mol. The Hall–Kier alpha value is -1.36. The molecule has 0 aliphatic carbocycles. The number of ether oxygens (including phenoxy) is 3. The van der Waals surface area contributed by atoms with Crippen LogP contribution in [0.4, 0.5) is 0 Å². The van der Waals surface area contributed by atoms with Gasteiger partial charge in [0, 0.05) is 5.56 Å². The second-order valence-corrected chi connectivity index (χ2v) is 6.21. The van der Waals surface area contributed by atoms with Gasteiger partial charge in [0.15, 0.2) is 0 Å². The number of benzene rings is 2. The van der Waals surface area contributed by atoms with Crippen LogP contribution in [0.2, 0.25) is 0 Å². The molecule has 0 N–H and O–H groups in total. The van der Waals surface area contributed by atoms with Gasteiger partial charge in [0.25, 0.3) is 0 Å². The Bertz CT molecular complexity index is 639. The molecule has 122 valence electrons. The Kier molecular flexibility index (Phi) is 5.05. The van der Waals surface area contributed by atoms with Crippen LogP contribution in [0, 0.1) is 0 Å². The predicted octanol–water partition coefficient (Wildman–Crippen LogP) is 4.74. The summed E-state index contributed by atoms with van der Waals surface area (Å²) >= 11 is 3.54. The molecular weight excluding hydrogens is 356 g/mol. The van der Waals surface area contributed by atoms with Crippen LogP contribution in [0.25, 0.3) is 11.1 Å². The quantitative estimate of drug-likeness (QED) is 0.705. The number of hydrogen-bond acceptors (Lipinski definition) is 3. The van der Waals surface area contributed by atoms with Crippen LogP contribution in [0.1, 0.15) is 18.9 Å². The van der Waals surface area contributed by atoms with E-state index in [2.05, 4.69) is 59.3 Å². The fourth-order valence-corrected chi connectivity index (χ4v) is 3.38. The number of alkyl halides is 1. The molecule has 4 heteroatoms. The highest BCUT2D eigenvalue weighted by Crippen LogP contribution is 2.37. The molecular formula is C19H21BrO3. The molecule has 0 radical (unpaired) electrons. The Morgan fingerprint density at radius 3 is 2.17 bits per heavy atom. The second-order valence-electron chi connectivity index (χ2n) is 5.65. The molecule has 3 rings (SSSR count). The van der Waals surface area contributed by atoms with Crippen molar-refractivity contribution < 1.29 is 14.2 Å². The van der Waals surface area contributed by atoms with Crippen molar-refractivity contribution >= 4 is 15.9 Å². The van der Waals surface area contributed by atoms with E-state index in [4.69, 9.17) is 14.2 Å². The maximum absolute atomic E-state index is 6.12. The van der Waals surface area contributed by atoms with Crippen molar-refractivity contribution in [3.63, 3.8) is 0 Å². The summed E-state index contributed by atoms with van der Waals surface area (Å²) in [4.78, 5) is 0. The summed E-state index contributed by atoms with van der Waals surface area (Å²) in [6.45, 7) is 2.76. The first kappa shape index (κ1) is 16.5. The highest BCUT2D eigenvalue weighted by atomic mass is 79.9. The van der Waals surface area contributed by atoms with E-state index >= 15 is 0 Å². The fraction of sp³-hybridized carbons (Fsp3) is 0.368. The van der Waals surface area contributed by atoms with Crippen LogP contribution in [-0.4, -0.2) is 25.2 Å². The Morgan fingerprint density at radius 1 is 1.09 bits per heavy atom. The molecule has 0 saturated carbocycles. The number of hydrogen-bond donors (Lipinski definition) is 0. The van der Waals surface area contributed by atoms with Gasteiger partial charge in [-0.2, -0.15) is 0 Å². The van der Waals surface area contributed by atoms with Crippen LogP contribution in [-0.2, 0) is 15.3 Å². The first-order valence-electron chi connectivity index (χ1n) is 7.83. The minimum Gasteiger partial charge on any atom is -0.497 e. The molecule has 0 aromatic heterocycles. The average molecular weight is 377 g/mol. The first-order chi connectivity index (χ1) is 11.2. The summed E-state index contributed by atoms with van der Waals surface area (Å²) in [5, 5.41) is 0.623. The molecule has 1 saturated heterocycles. The van der Waals surface area contributed by atoms with E-state index in [1.54, 1.807) is 7.11 Å². The lowest BCUT2D eigenvalue weighted by atomic mass is 10.0. The smallest absolute Gasteiger partial charge is 0.205 e. The average Bonchev–Trinajstić information content (AvgIpc) is 3.07. The van der Waals surface area contributed by atoms with Crippen LogP contribution >= 0.6 is 15.9 Å². The molecule has 3 nitrogen and oxygen atoms in total. The van der Waals surface area contributed by atoms with Gasteiger partial charge in [-0.15, -0.1) is 0 Å². The third-order valence-corrected chi connectivity index (χ3v) is 4.98. The van der Waals surface area contributed by atoms with E-state index in [0.717, 1.165) is 28.9 Å². The third-order valence-electron chi connectivity index (χ3n) is 4.24. The van der Waals surface area contributed by atoms with E-state index in [1.165, 1.54) is 0 Å². The normalized spacial score (nSPS) is 23.9. The molecule has 2 aromatic carbocycles. The van der Waals surface area contributed by atoms with Crippen molar-refractivity contribution in [2.75, 3.05) is 19.0 Å². The lowest BCUT2D eigenvalue weighted by Crippen LogP contribution is -2.29. The lowest BCUT2D eigenvalue weighted by molar-refractivity contribution is -0.156. The maximum Gasteiger partial charge on any atom is 0.205 e. The molecule has 2 atom stereocenters. The Labute approximate surface area is 145 Å². The van der Waals surface area contributed by atoms with Gasteiger partial charge in [0.2, 0.25) is 5.79 Å². The largest absolute Gasteiger partial charge is 0.497 e. The topological polar surface area (TPSA) is 27.7 Å².